The molecule has 0 spiro atoms. The predicted molar refractivity (Wildman–Crippen MR) is 76.2 cm³/mol. The third-order valence-electron chi connectivity index (χ3n) is 3.01. The van der Waals surface area contributed by atoms with Crippen LogP contribution >= 0.6 is 0 Å². The zero-order valence-electron chi connectivity index (χ0n) is 10.7. The number of pyridine rings is 1. The van der Waals surface area contributed by atoms with Gasteiger partial charge in [0.25, 0.3) is 0 Å². The zero-order valence-corrected chi connectivity index (χ0v) is 10.7. The molecule has 19 heavy (non-hydrogen) atoms. The van der Waals surface area contributed by atoms with E-state index in [4.69, 9.17) is 0 Å². The standard InChI is InChI=1S/C15H16N4/c1-2-7-13(8-3-1)9-6-11-16-15-17-14-10-4-5-12-19(14)18-15/h1-5,7-8,10,12H,6,9,11H2,(H,16,18). The van der Waals surface area contributed by atoms with Gasteiger partial charge in [-0.2, -0.15) is 4.98 Å². The lowest BCUT2D eigenvalue weighted by Crippen LogP contribution is -2.04. The van der Waals surface area contributed by atoms with Crippen molar-refractivity contribution >= 4 is 11.6 Å². The molecule has 0 atom stereocenters. The number of nitrogens with zero attached hydrogens (tertiary/aromatic N) is 3. The van der Waals surface area contributed by atoms with E-state index in [0.29, 0.717) is 5.95 Å². The molecule has 0 amide bonds. The molecule has 0 aliphatic heterocycles. The molecule has 3 rings (SSSR count). The van der Waals surface area contributed by atoms with Crippen LogP contribution in [0.1, 0.15) is 12.0 Å². The van der Waals surface area contributed by atoms with Crippen LogP contribution in [0.15, 0.2) is 54.7 Å². The largest absolute Gasteiger partial charge is 0.353 e. The van der Waals surface area contributed by atoms with Crippen molar-refractivity contribution in [1.82, 2.24) is 14.6 Å². The Morgan fingerprint density at radius 3 is 2.68 bits per heavy atom. The van der Waals surface area contributed by atoms with Crippen LogP contribution in [0.4, 0.5) is 5.95 Å². The maximum Gasteiger partial charge on any atom is 0.243 e. The number of aromatic nitrogens is 3. The number of hydrogen-bond acceptors (Lipinski definition) is 3. The van der Waals surface area contributed by atoms with E-state index >= 15 is 0 Å². The van der Waals surface area contributed by atoms with Gasteiger partial charge in [-0.25, -0.2) is 4.52 Å². The van der Waals surface area contributed by atoms with Gasteiger partial charge in [-0.1, -0.05) is 36.4 Å². The van der Waals surface area contributed by atoms with E-state index in [9.17, 15) is 0 Å². The van der Waals surface area contributed by atoms with Gasteiger partial charge >= 0.3 is 0 Å². The molecule has 0 aliphatic carbocycles. The minimum Gasteiger partial charge on any atom is -0.353 e. The van der Waals surface area contributed by atoms with E-state index in [-0.39, 0.29) is 0 Å². The Morgan fingerprint density at radius 1 is 1.00 bits per heavy atom. The van der Waals surface area contributed by atoms with Crippen LogP contribution in [0.25, 0.3) is 5.65 Å². The van der Waals surface area contributed by atoms with Gasteiger partial charge in [-0.05, 0) is 30.5 Å². The van der Waals surface area contributed by atoms with Gasteiger partial charge in [0.1, 0.15) is 0 Å². The van der Waals surface area contributed by atoms with Gasteiger partial charge in [-0.3, -0.25) is 0 Å². The maximum atomic E-state index is 4.40. The van der Waals surface area contributed by atoms with Crippen molar-refractivity contribution in [3.63, 3.8) is 0 Å². The van der Waals surface area contributed by atoms with Gasteiger partial charge in [0.15, 0.2) is 5.65 Å². The first-order valence-electron chi connectivity index (χ1n) is 6.51. The maximum absolute atomic E-state index is 4.40. The first-order valence-corrected chi connectivity index (χ1v) is 6.51. The van der Waals surface area contributed by atoms with Gasteiger partial charge in [0.05, 0.1) is 0 Å². The van der Waals surface area contributed by atoms with E-state index in [2.05, 4.69) is 39.7 Å². The van der Waals surface area contributed by atoms with Crippen molar-refractivity contribution in [3.05, 3.63) is 60.3 Å². The molecule has 2 heterocycles. The van der Waals surface area contributed by atoms with E-state index in [1.54, 1.807) is 4.52 Å². The minimum atomic E-state index is 0.694. The fraction of sp³-hybridized carbons (Fsp3) is 0.200. The molecule has 0 radical (unpaired) electrons. The molecule has 2 aromatic heterocycles. The number of benzene rings is 1. The molecule has 3 aromatic rings. The van der Waals surface area contributed by atoms with Gasteiger partial charge in [-0.15, -0.1) is 5.10 Å². The lowest BCUT2D eigenvalue weighted by molar-refractivity contribution is 0.849. The van der Waals surface area contributed by atoms with Crippen LogP contribution in [0, 0.1) is 0 Å². The van der Waals surface area contributed by atoms with E-state index in [1.807, 2.05) is 30.5 Å². The summed E-state index contributed by atoms with van der Waals surface area (Å²) in [6, 6.07) is 16.4. The lowest BCUT2D eigenvalue weighted by Gasteiger charge is -2.02. The highest BCUT2D eigenvalue weighted by atomic mass is 15.3. The Kier molecular flexibility index (Phi) is 3.40. The number of rotatable bonds is 5. The average Bonchev–Trinajstić information content (AvgIpc) is 2.87. The Hall–Kier alpha value is -2.36. The van der Waals surface area contributed by atoms with Gasteiger partial charge in [0, 0.05) is 12.7 Å². The molecule has 96 valence electrons. The quantitative estimate of drug-likeness (QED) is 0.710. The van der Waals surface area contributed by atoms with Crippen molar-refractivity contribution in [3.8, 4) is 0 Å². The Labute approximate surface area is 112 Å². The first-order chi connectivity index (χ1) is 9.42. The van der Waals surface area contributed by atoms with Crippen LogP contribution in [-0.2, 0) is 6.42 Å². The summed E-state index contributed by atoms with van der Waals surface area (Å²) >= 11 is 0. The summed E-state index contributed by atoms with van der Waals surface area (Å²) < 4.78 is 1.78. The molecule has 4 nitrogen and oxygen atoms in total. The summed E-state index contributed by atoms with van der Waals surface area (Å²) in [4.78, 5) is 4.40. The summed E-state index contributed by atoms with van der Waals surface area (Å²) in [5.74, 6) is 0.694. The van der Waals surface area contributed by atoms with Gasteiger partial charge < -0.3 is 5.32 Å². The van der Waals surface area contributed by atoms with Gasteiger partial charge in [0.2, 0.25) is 5.95 Å². The summed E-state index contributed by atoms with van der Waals surface area (Å²) in [6.45, 7) is 0.881. The molecule has 0 saturated carbocycles. The zero-order chi connectivity index (χ0) is 12.9. The molecule has 0 bridgehead atoms. The van der Waals surface area contributed by atoms with Crippen molar-refractivity contribution in [2.24, 2.45) is 0 Å². The van der Waals surface area contributed by atoms with Crippen molar-refractivity contribution in [2.75, 3.05) is 11.9 Å². The molecule has 1 N–H and O–H groups in total. The number of aryl methyl sites for hydroxylation is 1. The van der Waals surface area contributed by atoms with Crippen LogP contribution in [0.3, 0.4) is 0 Å². The van der Waals surface area contributed by atoms with Crippen LogP contribution in [0.5, 0.6) is 0 Å². The van der Waals surface area contributed by atoms with E-state index < -0.39 is 0 Å². The molecule has 0 fully saturated rings. The summed E-state index contributed by atoms with van der Waals surface area (Å²) in [5.41, 5.74) is 2.24. The molecule has 4 heteroatoms. The second-order valence-electron chi connectivity index (χ2n) is 4.45. The van der Waals surface area contributed by atoms with Crippen LogP contribution in [-0.4, -0.2) is 21.1 Å². The predicted octanol–water partition coefficient (Wildman–Crippen LogP) is 2.77. The topological polar surface area (TPSA) is 42.2 Å². The van der Waals surface area contributed by atoms with E-state index in [1.165, 1.54) is 5.56 Å². The molecule has 1 aromatic carbocycles. The Bertz CT molecular complexity index is 612. The van der Waals surface area contributed by atoms with Crippen LogP contribution in [0.2, 0.25) is 0 Å². The average molecular weight is 252 g/mol. The summed E-state index contributed by atoms with van der Waals surface area (Å²) in [6.07, 6.45) is 4.04. The molecule has 0 aliphatic rings. The van der Waals surface area contributed by atoms with E-state index in [0.717, 1.165) is 25.0 Å². The number of nitrogens with one attached hydrogen (secondary N) is 1. The van der Waals surface area contributed by atoms with Crippen molar-refractivity contribution in [1.29, 1.82) is 0 Å². The first kappa shape index (κ1) is 11.7. The minimum absolute atomic E-state index is 0.694. The smallest absolute Gasteiger partial charge is 0.243 e. The third kappa shape index (κ3) is 2.91. The Balaban J connectivity index is 1.52. The molecule has 0 unspecified atom stereocenters. The van der Waals surface area contributed by atoms with Crippen molar-refractivity contribution < 1.29 is 0 Å². The highest BCUT2D eigenvalue weighted by molar-refractivity contribution is 5.42. The lowest BCUT2D eigenvalue weighted by atomic mass is 10.1. The highest BCUT2D eigenvalue weighted by Crippen LogP contribution is 2.06. The number of anilines is 1. The SMILES string of the molecule is c1ccc(CCCNc2nc3ccccn3n2)cc1. The monoisotopic (exact) mass is 252 g/mol. The number of hydrogen-bond donors (Lipinski definition) is 1. The molecular weight excluding hydrogens is 236 g/mol. The van der Waals surface area contributed by atoms with Crippen molar-refractivity contribution in [2.45, 2.75) is 12.8 Å². The second-order valence-corrected chi connectivity index (χ2v) is 4.45. The molecular formula is C15H16N4. The normalized spacial score (nSPS) is 10.7. The summed E-state index contributed by atoms with van der Waals surface area (Å²) in [7, 11) is 0. The molecule has 0 saturated heterocycles. The third-order valence-corrected chi connectivity index (χ3v) is 3.01. The fourth-order valence-electron chi connectivity index (χ4n) is 2.04. The van der Waals surface area contributed by atoms with Crippen LogP contribution < -0.4 is 5.32 Å². The fourth-order valence-corrected chi connectivity index (χ4v) is 2.04. The number of fused-ring (bicyclic) bond motifs is 1. The summed E-state index contributed by atoms with van der Waals surface area (Å²) in [5, 5.41) is 7.61. The second kappa shape index (κ2) is 5.52. The highest BCUT2D eigenvalue weighted by Gasteiger charge is 2.01. The Morgan fingerprint density at radius 2 is 1.84 bits per heavy atom.